The van der Waals surface area contributed by atoms with E-state index in [2.05, 4.69) is 39.0 Å². The molecule has 0 spiro atoms. The minimum atomic E-state index is -2.14. The van der Waals surface area contributed by atoms with Crippen molar-refractivity contribution in [3.05, 3.63) is 29.6 Å². The van der Waals surface area contributed by atoms with Crippen LogP contribution in [0.25, 0.3) is 32.8 Å². The zero-order chi connectivity index (χ0) is 29.1. The first kappa shape index (κ1) is 28.8. The van der Waals surface area contributed by atoms with Crippen LogP contribution in [-0.2, 0) is 9.47 Å². The van der Waals surface area contributed by atoms with Gasteiger partial charge in [-0.1, -0.05) is 20.8 Å². The molecule has 0 unspecified atom stereocenters. The maximum Gasteiger partial charge on any atom is 0.435 e. The van der Waals surface area contributed by atoms with Crippen molar-refractivity contribution >= 4 is 53.1 Å². The summed E-state index contributed by atoms with van der Waals surface area (Å²) in [6, 6.07) is 7.33. The maximum atomic E-state index is 13.6. The molecule has 0 saturated carbocycles. The highest BCUT2D eigenvalue weighted by molar-refractivity contribution is 7.17. The Hall–Kier alpha value is -3.18. The second-order valence-corrected chi connectivity index (χ2v) is 18.8. The third-order valence-corrected chi connectivity index (χ3v) is 11.7. The van der Waals surface area contributed by atoms with Gasteiger partial charge in [0.1, 0.15) is 22.6 Å². The molecule has 0 atom stereocenters. The quantitative estimate of drug-likeness (QED) is 0.230. The van der Waals surface area contributed by atoms with Crippen LogP contribution in [0.4, 0.5) is 9.59 Å². The van der Waals surface area contributed by atoms with Gasteiger partial charge in [0.15, 0.2) is 5.82 Å². The number of imidazole rings is 1. The summed E-state index contributed by atoms with van der Waals surface area (Å²) in [6.07, 6.45) is -1.21. The Balaban J connectivity index is 1.92. The van der Waals surface area contributed by atoms with Gasteiger partial charge < -0.3 is 13.9 Å². The van der Waals surface area contributed by atoms with E-state index in [1.165, 1.54) is 20.6 Å². The van der Waals surface area contributed by atoms with E-state index in [1.807, 2.05) is 44.4 Å². The average Bonchev–Trinajstić information content (AvgIpc) is 3.42. The van der Waals surface area contributed by atoms with E-state index in [9.17, 15) is 9.59 Å². The number of fused-ring (bicyclic) bond motifs is 2. The highest BCUT2D eigenvalue weighted by Crippen LogP contribution is 2.39. The SMILES string of the molecule is CC(C)(C)OC(=O)n1nc(-c2nc3ccc(O[Si](C)(C)C(C)(C)C)cc3n2C(=O)OC(C)(C)C)c2sccc21. The summed E-state index contributed by atoms with van der Waals surface area (Å²) in [5.74, 6) is 0.935. The van der Waals surface area contributed by atoms with Crippen molar-refractivity contribution in [3.63, 3.8) is 0 Å². The predicted octanol–water partition coefficient (Wildman–Crippen LogP) is 8.06. The number of thiophene rings is 1. The molecule has 0 aliphatic carbocycles. The Labute approximate surface area is 234 Å². The standard InChI is InChI=1S/C28H38N4O5SSi/c1-26(2,3)35-24(33)31-20-16-17(37-39(10,11)28(7,8)9)12-13-18(20)29-23(31)21-22-19(14-15-38-22)32(30-21)25(34)36-27(4,5)6/h12-16H,1-11H3. The summed E-state index contributed by atoms with van der Waals surface area (Å²) >= 11 is 1.41. The van der Waals surface area contributed by atoms with Gasteiger partial charge in [-0.25, -0.2) is 19.1 Å². The molecule has 4 aromatic rings. The Bertz CT molecular complexity index is 1560. The molecular formula is C28H38N4O5SSi. The zero-order valence-electron chi connectivity index (χ0n) is 24.6. The lowest BCUT2D eigenvalue weighted by Crippen LogP contribution is -2.43. The normalized spacial score (nSPS) is 13.2. The predicted molar refractivity (Wildman–Crippen MR) is 157 cm³/mol. The highest BCUT2D eigenvalue weighted by atomic mass is 32.1. The van der Waals surface area contributed by atoms with E-state index in [-0.39, 0.29) is 10.9 Å². The van der Waals surface area contributed by atoms with Gasteiger partial charge in [0.2, 0.25) is 8.32 Å². The Kier molecular flexibility index (Phi) is 7.00. The van der Waals surface area contributed by atoms with Crippen molar-refractivity contribution in [2.75, 3.05) is 0 Å². The van der Waals surface area contributed by atoms with E-state index in [1.54, 1.807) is 26.8 Å². The molecule has 0 fully saturated rings. The molecule has 0 aliphatic heterocycles. The van der Waals surface area contributed by atoms with E-state index in [4.69, 9.17) is 18.9 Å². The molecule has 11 heteroatoms. The fourth-order valence-electron chi connectivity index (χ4n) is 3.65. The van der Waals surface area contributed by atoms with Crippen LogP contribution in [0.3, 0.4) is 0 Å². The Morgan fingerprint density at radius 2 is 1.49 bits per heavy atom. The fourth-order valence-corrected chi connectivity index (χ4v) is 5.53. The summed E-state index contributed by atoms with van der Waals surface area (Å²) in [6.45, 7) is 21.7. The van der Waals surface area contributed by atoms with Crippen molar-refractivity contribution in [2.24, 2.45) is 0 Å². The monoisotopic (exact) mass is 570 g/mol. The maximum absolute atomic E-state index is 13.6. The first-order valence-electron chi connectivity index (χ1n) is 12.9. The van der Waals surface area contributed by atoms with Crippen molar-refractivity contribution < 1.29 is 23.5 Å². The van der Waals surface area contributed by atoms with Crippen LogP contribution in [0.5, 0.6) is 5.75 Å². The number of nitrogens with zero attached hydrogens (tertiary/aromatic N) is 4. The van der Waals surface area contributed by atoms with Crippen LogP contribution in [0.15, 0.2) is 29.6 Å². The molecule has 0 aliphatic rings. The molecule has 0 bridgehead atoms. The van der Waals surface area contributed by atoms with E-state index >= 15 is 0 Å². The van der Waals surface area contributed by atoms with Crippen LogP contribution in [-0.4, -0.2) is 51.0 Å². The molecule has 3 heterocycles. The number of carbonyl (C=O) groups excluding carboxylic acids is 2. The first-order chi connectivity index (χ1) is 17.8. The average molecular weight is 571 g/mol. The van der Waals surface area contributed by atoms with Gasteiger partial charge >= 0.3 is 12.2 Å². The molecule has 1 aromatic carbocycles. The summed E-state index contributed by atoms with van der Waals surface area (Å²) in [5, 5.41) is 6.45. The summed E-state index contributed by atoms with van der Waals surface area (Å²) in [7, 11) is -2.14. The van der Waals surface area contributed by atoms with Crippen LogP contribution in [0.2, 0.25) is 18.1 Å². The van der Waals surface area contributed by atoms with Gasteiger partial charge in [0.05, 0.1) is 21.3 Å². The third-order valence-electron chi connectivity index (χ3n) is 6.45. The molecule has 0 amide bonds. The summed E-state index contributed by atoms with van der Waals surface area (Å²) in [5.41, 5.74) is 0.639. The third kappa shape index (κ3) is 5.89. The number of hydrogen-bond acceptors (Lipinski definition) is 8. The number of carbonyl (C=O) groups is 2. The number of hydrogen-bond donors (Lipinski definition) is 0. The molecule has 0 radical (unpaired) electrons. The second-order valence-electron chi connectivity index (χ2n) is 13.1. The molecule has 39 heavy (non-hydrogen) atoms. The van der Waals surface area contributed by atoms with Crippen molar-refractivity contribution in [1.82, 2.24) is 19.3 Å². The topological polar surface area (TPSA) is 97.5 Å². The van der Waals surface area contributed by atoms with Crippen molar-refractivity contribution in [2.45, 2.75) is 91.6 Å². The van der Waals surface area contributed by atoms with Crippen molar-refractivity contribution in [3.8, 4) is 17.3 Å². The fraction of sp³-hybridized carbons (Fsp3) is 0.500. The molecule has 4 rings (SSSR count). The Morgan fingerprint density at radius 1 is 0.872 bits per heavy atom. The van der Waals surface area contributed by atoms with Crippen molar-refractivity contribution in [1.29, 1.82) is 0 Å². The second kappa shape index (κ2) is 9.48. The Morgan fingerprint density at radius 3 is 2.08 bits per heavy atom. The number of rotatable bonds is 3. The van der Waals surface area contributed by atoms with Gasteiger partial charge in [-0.2, -0.15) is 9.78 Å². The smallest absolute Gasteiger partial charge is 0.435 e. The highest BCUT2D eigenvalue weighted by Gasteiger charge is 2.39. The lowest BCUT2D eigenvalue weighted by Gasteiger charge is -2.36. The molecule has 210 valence electrons. The van der Waals surface area contributed by atoms with Gasteiger partial charge in [-0.15, -0.1) is 11.3 Å². The minimum absolute atomic E-state index is 0.00218. The molecular weight excluding hydrogens is 532 g/mol. The number of benzene rings is 1. The van der Waals surface area contributed by atoms with Crippen LogP contribution >= 0.6 is 11.3 Å². The van der Waals surface area contributed by atoms with Gasteiger partial charge in [0.25, 0.3) is 0 Å². The molecule has 9 nitrogen and oxygen atoms in total. The van der Waals surface area contributed by atoms with Crippen LogP contribution < -0.4 is 4.43 Å². The van der Waals surface area contributed by atoms with E-state index in [0.29, 0.717) is 32.7 Å². The number of ether oxygens (including phenoxy) is 2. The summed E-state index contributed by atoms with van der Waals surface area (Å²) in [4.78, 5) is 31.4. The lowest BCUT2D eigenvalue weighted by atomic mass is 10.2. The van der Waals surface area contributed by atoms with Crippen LogP contribution in [0, 0.1) is 0 Å². The van der Waals surface area contributed by atoms with Gasteiger partial charge in [-0.3, -0.25) is 0 Å². The molecule has 0 N–H and O–H groups in total. The molecule has 3 aromatic heterocycles. The largest absolute Gasteiger partial charge is 0.543 e. The minimum Gasteiger partial charge on any atom is -0.543 e. The van der Waals surface area contributed by atoms with Gasteiger partial charge in [0, 0.05) is 6.07 Å². The first-order valence-corrected chi connectivity index (χ1v) is 16.7. The van der Waals surface area contributed by atoms with E-state index in [0.717, 1.165) is 0 Å². The van der Waals surface area contributed by atoms with E-state index < -0.39 is 31.7 Å². The molecule has 0 saturated heterocycles. The zero-order valence-corrected chi connectivity index (χ0v) is 26.4. The van der Waals surface area contributed by atoms with Crippen LogP contribution in [0.1, 0.15) is 62.3 Å². The lowest BCUT2D eigenvalue weighted by molar-refractivity contribution is 0.0520. The number of aromatic nitrogens is 4. The summed E-state index contributed by atoms with van der Waals surface area (Å²) < 4.78 is 21.2. The van der Waals surface area contributed by atoms with Gasteiger partial charge in [-0.05, 0) is 83.3 Å².